The van der Waals surface area contributed by atoms with Crippen LogP contribution in [0.2, 0.25) is 5.02 Å². The Hall–Kier alpha value is -0.600. The van der Waals surface area contributed by atoms with Gasteiger partial charge in [-0.3, -0.25) is 4.98 Å². The van der Waals surface area contributed by atoms with Gasteiger partial charge in [0.2, 0.25) is 0 Å². The van der Waals surface area contributed by atoms with Crippen LogP contribution < -0.4 is 5.32 Å². The van der Waals surface area contributed by atoms with E-state index in [2.05, 4.69) is 31.1 Å². The minimum absolute atomic E-state index is 0.272. The Morgan fingerprint density at radius 1 is 1.44 bits per heavy atom. The molecule has 1 N–H and O–H groups in total. The van der Waals surface area contributed by atoms with Crippen molar-refractivity contribution < 1.29 is 0 Å². The molecule has 0 saturated heterocycles. The van der Waals surface area contributed by atoms with Crippen LogP contribution >= 0.6 is 11.6 Å². The molecular weight excluding hydrogens is 220 g/mol. The van der Waals surface area contributed by atoms with Gasteiger partial charge in [0.25, 0.3) is 0 Å². The van der Waals surface area contributed by atoms with Gasteiger partial charge in [-0.2, -0.15) is 0 Å². The number of nitrogens with zero attached hydrogens (tertiary/aromatic N) is 1. The third-order valence-electron chi connectivity index (χ3n) is 2.95. The standard InChI is InChI=1S/C13H21ClN2/c1-13(2,3)12(15-4)6-5-10-7-8-16-9-11(10)14/h7-9,12,15H,5-6H2,1-4H3. The van der Waals surface area contributed by atoms with Crippen molar-refractivity contribution in [3.8, 4) is 0 Å². The molecule has 0 amide bonds. The predicted molar refractivity (Wildman–Crippen MR) is 69.9 cm³/mol. The number of rotatable bonds is 4. The highest BCUT2D eigenvalue weighted by atomic mass is 35.5. The van der Waals surface area contributed by atoms with Gasteiger partial charge in [0, 0.05) is 18.4 Å². The van der Waals surface area contributed by atoms with Crippen molar-refractivity contribution in [2.24, 2.45) is 5.41 Å². The number of pyridine rings is 1. The molecule has 0 bridgehead atoms. The molecule has 1 aromatic rings. The van der Waals surface area contributed by atoms with E-state index in [9.17, 15) is 0 Å². The highest BCUT2D eigenvalue weighted by molar-refractivity contribution is 6.31. The highest BCUT2D eigenvalue weighted by Gasteiger charge is 2.22. The van der Waals surface area contributed by atoms with Crippen molar-refractivity contribution in [2.45, 2.75) is 39.7 Å². The van der Waals surface area contributed by atoms with Gasteiger partial charge in [-0.05, 0) is 36.9 Å². The van der Waals surface area contributed by atoms with E-state index in [1.165, 1.54) is 5.56 Å². The van der Waals surface area contributed by atoms with Crippen molar-refractivity contribution in [3.63, 3.8) is 0 Å². The van der Waals surface area contributed by atoms with Crippen LogP contribution in [0.4, 0.5) is 0 Å². The summed E-state index contributed by atoms with van der Waals surface area (Å²) >= 11 is 6.08. The van der Waals surface area contributed by atoms with Crippen LogP contribution in [0.5, 0.6) is 0 Å². The molecule has 0 aliphatic carbocycles. The van der Waals surface area contributed by atoms with Gasteiger partial charge in [-0.25, -0.2) is 0 Å². The molecule has 1 rings (SSSR count). The molecule has 0 aliphatic rings. The second-order valence-corrected chi connectivity index (χ2v) is 5.62. The summed E-state index contributed by atoms with van der Waals surface area (Å²) in [7, 11) is 2.02. The topological polar surface area (TPSA) is 24.9 Å². The summed E-state index contributed by atoms with van der Waals surface area (Å²) in [6, 6.07) is 2.49. The van der Waals surface area contributed by atoms with Crippen molar-refractivity contribution in [1.82, 2.24) is 10.3 Å². The fourth-order valence-corrected chi connectivity index (χ4v) is 2.13. The summed E-state index contributed by atoms with van der Waals surface area (Å²) in [5, 5.41) is 4.14. The molecule has 1 heterocycles. The molecule has 2 nitrogen and oxygen atoms in total. The number of hydrogen-bond donors (Lipinski definition) is 1. The Balaban J connectivity index is 2.60. The zero-order valence-electron chi connectivity index (χ0n) is 10.5. The minimum atomic E-state index is 0.272. The largest absolute Gasteiger partial charge is 0.316 e. The molecule has 1 unspecified atom stereocenters. The maximum absolute atomic E-state index is 6.08. The maximum Gasteiger partial charge on any atom is 0.0621 e. The summed E-state index contributed by atoms with van der Waals surface area (Å²) < 4.78 is 0. The van der Waals surface area contributed by atoms with E-state index in [1.807, 2.05) is 13.1 Å². The Kier molecular flexibility index (Phi) is 4.75. The zero-order chi connectivity index (χ0) is 12.2. The van der Waals surface area contributed by atoms with Gasteiger partial charge in [0.05, 0.1) is 5.02 Å². The molecule has 0 spiro atoms. The van der Waals surface area contributed by atoms with E-state index in [-0.39, 0.29) is 5.41 Å². The first-order valence-electron chi connectivity index (χ1n) is 5.71. The SMILES string of the molecule is CNC(CCc1ccncc1Cl)C(C)(C)C. The number of halogens is 1. The Bertz CT molecular complexity index is 331. The van der Waals surface area contributed by atoms with Crippen LogP contribution in [0.15, 0.2) is 18.5 Å². The monoisotopic (exact) mass is 240 g/mol. The normalized spacial score (nSPS) is 13.8. The molecule has 0 radical (unpaired) electrons. The van der Waals surface area contributed by atoms with Crippen molar-refractivity contribution in [1.29, 1.82) is 0 Å². The van der Waals surface area contributed by atoms with Crippen LogP contribution in [0, 0.1) is 5.41 Å². The Labute approximate surface area is 103 Å². The number of nitrogens with one attached hydrogen (secondary N) is 1. The summed E-state index contributed by atoms with van der Waals surface area (Å²) in [4.78, 5) is 3.99. The lowest BCUT2D eigenvalue weighted by Crippen LogP contribution is -2.38. The van der Waals surface area contributed by atoms with Crippen molar-refractivity contribution in [3.05, 3.63) is 29.0 Å². The summed E-state index contributed by atoms with van der Waals surface area (Å²) in [5.74, 6) is 0. The van der Waals surface area contributed by atoms with Crippen LogP contribution in [-0.4, -0.2) is 18.1 Å². The fourth-order valence-electron chi connectivity index (χ4n) is 1.92. The molecule has 16 heavy (non-hydrogen) atoms. The van der Waals surface area contributed by atoms with E-state index in [0.29, 0.717) is 6.04 Å². The number of hydrogen-bond acceptors (Lipinski definition) is 2. The summed E-state index contributed by atoms with van der Waals surface area (Å²) in [6.07, 6.45) is 5.59. The Morgan fingerprint density at radius 3 is 2.62 bits per heavy atom. The third-order valence-corrected chi connectivity index (χ3v) is 3.29. The Morgan fingerprint density at radius 2 is 2.12 bits per heavy atom. The predicted octanol–water partition coefficient (Wildman–Crippen LogP) is 3.30. The third kappa shape index (κ3) is 3.76. The van der Waals surface area contributed by atoms with Gasteiger partial charge >= 0.3 is 0 Å². The van der Waals surface area contributed by atoms with Crippen LogP contribution in [-0.2, 0) is 6.42 Å². The van der Waals surface area contributed by atoms with E-state index < -0.39 is 0 Å². The lowest BCUT2D eigenvalue weighted by Gasteiger charge is -2.30. The van der Waals surface area contributed by atoms with E-state index in [4.69, 9.17) is 11.6 Å². The summed E-state index contributed by atoms with van der Waals surface area (Å²) in [6.45, 7) is 6.76. The minimum Gasteiger partial charge on any atom is -0.316 e. The first-order valence-corrected chi connectivity index (χ1v) is 6.08. The van der Waals surface area contributed by atoms with Gasteiger partial charge in [-0.1, -0.05) is 32.4 Å². The van der Waals surface area contributed by atoms with E-state index >= 15 is 0 Å². The average molecular weight is 241 g/mol. The molecule has 0 aromatic carbocycles. The number of aryl methyl sites for hydroxylation is 1. The highest BCUT2D eigenvalue weighted by Crippen LogP contribution is 2.24. The number of aromatic nitrogens is 1. The first-order chi connectivity index (χ1) is 7.45. The van der Waals surface area contributed by atoms with Crippen LogP contribution in [0.1, 0.15) is 32.8 Å². The molecule has 0 fully saturated rings. The zero-order valence-corrected chi connectivity index (χ0v) is 11.3. The lowest BCUT2D eigenvalue weighted by atomic mass is 9.83. The molecule has 90 valence electrons. The van der Waals surface area contributed by atoms with E-state index in [1.54, 1.807) is 12.4 Å². The molecule has 1 atom stereocenters. The van der Waals surface area contributed by atoms with Crippen molar-refractivity contribution in [2.75, 3.05) is 7.05 Å². The van der Waals surface area contributed by atoms with Crippen LogP contribution in [0.3, 0.4) is 0 Å². The van der Waals surface area contributed by atoms with Gasteiger partial charge in [-0.15, -0.1) is 0 Å². The molecule has 0 saturated carbocycles. The lowest BCUT2D eigenvalue weighted by molar-refractivity contribution is 0.268. The quantitative estimate of drug-likeness (QED) is 0.874. The van der Waals surface area contributed by atoms with Gasteiger partial charge in [0.1, 0.15) is 0 Å². The van der Waals surface area contributed by atoms with Crippen LogP contribution in [0.25, 0.3) is 0 Å². The molecule has 1 aromatic heterocycles. The van der Waals surface area contributed by atoms with Crippen molar-refractivity contribution >= 4 is 11.6 Å². The van der Waals surface area contributed by atoms with Gasteiger partial charge in [0.15, 0.2) is 0 Å². The van der Waals surface area contributed by atoms with E-state index in [0.717, 1.165) is 17.9 Å². The smallest absolute Gasteiger partial charge is 0.0621 e. The molecule has 0 aliphatic heterocycles. The molecule has 3 heteroatoms. The van der Waals surface area contributed by atoms with Gasteiger partial charge < -0.3 is 5.32 Å². The summed E-state index contributed by atoms with van der Waals surface area (Å²) in [5.41, 5.74) is 1.45. The second-order valence-electron chi connectivity index (χ2n) is 5.21. The molecular formula is C13H21ClN2. The first kappa shape index (κ1) is 13.5. The average Bonchev–Trinajstić information content (AvgIpc) is 2.19. The second kappa shape index (κ2) is 5.65. The fraction of sp³-hybridized carbons (Fsp3) is 0.615. The maximum atomic E-state index is 6.08.